The number of amides is 4. The maximum Gasteiger partial charge on any atom is 0.259 e. The Bertz CT molecular complexity index is 1110. The first-order valence-corrected chi connectivity index (χ1v) is 17.3. The van der Waals surface area contributed by atoms with Gasteiger partial charge < -0.3 is 38.8 Å². The standard InChI is InChI=1S/C31H46IN3O11/c32-10-3-1-2-4-11-41-12-13-42-14-15-43-16-17-44-18-19-45-20-21-46-22-27(37)33-24-7-5-6-23-28(24)31(40)35(30(23)39)25-8-9-26(36)34-29(25)38/h5-7,25,30,39H,1-4,8-22H2,(H,33,37)(H,34,36,38). The number of carbonyl (C=O) groups is 4. The molecule has 0 spiro atoms. The summed E-state index contributed by atoms with van der Waals surface area (Å²) in [7, 11) is 0. The number of aliphatic hydroxyl groups is 1. The molecule has 2 unspecified atom stereocenters. The van der Waals surface area contributed by atoms with Gasteiger partial charge in [-0.05, 0) is 29.8 Å². The van der Waals surface area contributed by atoms with E-state index in [0.29, 0.717) is 52.9 Å². The minimum atomic E-state index is -1.38. The number of rotatable bonds is 25. The molecule has 1 fully saturated rings. The lowest BCUT2D eigenvalue weighted by molar-refractivity contribution is -0.139. The van der Waals surface area contributed by atoms with E-state index in [1.807, 2.05) is 0 Å². The Labute approximate surface area is 283 Å². The van der Waals surface area contributed by atoms with Crippen molar-refractivity contribution in [3.63, 3.8) is 0 Å². The SMILES string of the molecule is O=C1CCC(N2C(=O)c3c(NC(=O)COCCOCCOCCOCCOCCOCCCCCCI)cccc3C2O)C(=O)N1. The minimum Gasteiger partial charge on any atom is -0.379 e. The molecule has 0 aromatic heterocycles. The lowest BCUT2D eigenvalue weighted by Crippen LogP contribution is -2.53. The predicted molar refractivity (Wildman–Crippen MR) is 175 cm³/mol. The molecule has 46 heavy (non-hydrogen) atoms. The van der Waals surface area contributed by atoms with E-state index >= 15 is 0 Å². The Kier molecular flexibility index (Phi) is 18.6. The van der Waals surface area contributed by atoms with Crippen LogP contribution in [0.3, 0.4) is 0 Å². The van der Waals surface area contributed by atoms with Crippen LogP contribution in [0.4, 0.5) is 5.69 Å². The molecule has 15 heteroatoms. The Balaban J connectivity index is 1.16. The summed E-state index contributed by atoms with van der Waals surface area (Å²) in [6.45, 7) is 4.78. The van der Waals surface area contributed by atoms with E-state index in [-0.39, 0.29) is 49.5 Å². The van der Waals surface area contributed by atoms with Crippen LogP contribution in [0.2, 0.25) is 0 Å². The van der Waals surface area contributed by atoms with Gasteiger partial charge in [-0.1, -0.05) is 47.6 Å². The van der Waals surface area contributed by atoms with Crippen LogP contribution in [0.25, 0.3) is 0 Å². The summed E-state index contributed by atoms with van der Waals surface area (Å²) in [4.78, 5) is 50.5. The van der Waals surface area contributed by atoms with Crippen molar-refractivity contribution < 1.29 is 52.7 Å². The molecule has 1 aromatic carbocycles. The Morgan fingerprint density at radius 1 is 0.826 bits per heavy atom. The Morgan fingerprint density at radius 2 is 1.39 bits per heavy atom. The first kappa shape index (κ1) is 38.2. The zero-order valence-electron chi connectivity index (χ0n) is 26.2. The zero-order chi connectivity index (χ0) is 33.0. The average molecular weight is 764 g/mol. The Morgan fingerprint density at radius 3 is 1.98 bits per heavy atom. The molecule has 0 radical (unpaired) electrons. The van der Waals surface area contributed by atoms with Crippen LogP contribution in [0.5, 0.6) is 0 Å². The third-order valence-corrected chi connectivity index (χ3v) is 7.93. The van der Waals surface area contributed by atoms with Gasteiger partial charge in [-0.3, -0.25) is 29.4 Å². The van der Waals surface area contributed by atoms with E-state index in [4.69, 9.17) is 28.4 Å². The van der Waals surface area contributed by atoms with Crippen LogP contribution >= 0.6 is 22.6 Å². The van der Waals surface area contributed by atoms with Crippen molar-refractivity contribution >= 4 is 51.9 Å². The predicted octanol–water partition coefficient (Wildman–Crippen LogP) is 1.97. The van der Waals surface area contributed by atoms with Gasteiger partial charge in [-0.25, -0.2) is 0 Å². The topological polar surface area (TPSA) is 171 Å². The number of fused-ring (bicyclic) bond motifs is 1. The van der Waals surface area contributed by atoms with Crippen molar-refractivity contribution in [3.05, 3.63) is 29.3 Å². The van der Waals surface area contributed by atoms with Gasteiger partial charge in [0.1, 0.15) is 12.6 Å². The second kappa shape index (κ2) is 22.3. The van der Waals surface area contributed by atoms with Crippen molar-refractivity contribution in [3.8, 4) is 0 Å². The van der Waals surface area contributed by atoms with Crippen LogP contribution < -0.4 is 10.6 Å². The van der Waals surface area contributed by atoms with Crippen molar-refractivity contribution in [2.75, 3.05) is 89.0 Å². The Hall–Kier alpha value is -2.25. The van der Waals surface area contributed by atoms with Crippen LogP contribution in [0.15, 0.2) is 18.2 Å². The highest BCUT2D eigenvalue weighted by Crippen LogP contribution is 2.38. The number of piperidine rings is 1. The summed E-state index contributed by atoms with van der Waals surface area (Å²) in [5.41, 5.74) is 0.562. The van der Waals surface area contributed by atoms with E-state index in [1.54, 1.807) is 12.1 Å². The number of carbonyl (C=O) groups excluding carboxylic acids is 4. The summed E-state index contributed by atoms with van der Waals surface area (Å²) in [6, 6.07) is 3.68. The van der Waals surface area contributed by atoms with Crippen LogP contribution in [0.1, 0.15) is 60.7 Å². The molecule has 2 atom stereocenters. The van der Waals surface area contributed by atoms with Gasteiger partial charge in [0.05, 0.1) is 77.3 Å². The maximum atomic E-state index is 13.2. The number of hydrogen-bond acceptors (Lipinski definition) is 11. The normalized spacial score (nSPS) is 17.8. The molecule has 1 aromatic rings. The molecule has 3 N–H and O–H groups in total. The highest BCUT2D eigenvalue weighted by molar-refractivity contribution is 14.1. The van der Waals surface area contributed by atoms with Gasteiger partial charge in [0.25, 0.3) is 5.91 Å². The molecule has 2 aliphatic heterocycles. The largest absolute Gasteiger partial charge is 0.379 e. The van der Waals surface area contributed by atoms with Gasteiger partial charge in [-0.15, -0.1) is 0 Å². The number of benzene rings is 1. The summed E-state index contributed by atoms with van der Waals surface area (Å²) in [5.74, 6) is -2.17. The number of unbranched alkanes of at least 4 members (excludes halogenated alkanes) is 3. The number of anilines is 1. The fourth-order valence-corrected chi connectivity index (χ4v) is 5.42. The second-order valence-corrected chi connectivity index (χ2v) is 11.7. The van der Waals surface area contributed by atoms with Crippen molar-refractivity contribution in [1.29, 1.82) is 0 Å². The number of alkyl halides is 1. The lowest BCUT2D eigenvalue weighted by Gasteiger charge is -2.31. The van der Waals surface area contributed by atoms with Crippen LogP contribution in [0, 0.1) is 0 Å². The molecule has 0 saturated carbocycles. The molecule has 1 saturated heterocycles. The summed E-state index contributed by atoms with van der Waals surface area (Å²) < 4.78 is 34.0. The highest BCUT2D eigenvalue weighted by atomic mass is 127. The fourth-order valence-electron chi connectivity index (χ4n) is 4.88. The fraction of sp³-hybridized carbons (Fsp3) is 0.677. The van der Waals surface area contributed by atoms with Gasteiger partial charge in [0.2, 0.25) is 17.7 Å². The zero-order valence-corrected chi connectivity index (χ0v) is 28.3. The smallest absolute Gasteiger partial charge is 0.259 e. The quantitative estimate of drug-likeness (QED) is 0.0576. The molecule has 2 aliphatic rings. The summed E-state index contributed by atoms with van der Waals surface area (Å²) in [5, 5.41) is 15.6. The molecular formula is C31H46IN3O11. The molecule has 3 rings (SSSR count). The number of ether oxygens (including phenoxy) is 6. The minimum absolute atomic E-state index is 0.0581. The second-order valence-electron chi connectivity index (χ2n) is 10.6. The number of halogens is 1. The number of nitrogens with one attached hydrogen (secondary N) is 2. The number of aliphatic hydroxyl groups excluding tert-OH is 1. The van der Waals surface area contributed by atoms with E-state index in [0.717, 1.165) is 17.9 Å². The third kappa shape index (κ3) is 13.1. The maximum absolute atomic E-state index is 13.2. The first-order chi connectivity index (χ1) is 22.4. The van der Waals surface area contributed by atoms with Crippen LogP contribution in [-0.2, 0) is 42.8 Å². The molecule has 258 valence electrons. The first-order valence-electron chi connectivity index (χ1n) is 15.7. The van der Waals surface area contributed by atoms with E-state index in [2.05, 4.69) is 33.2 Å². The molecule has 4 amide bonds. The van der Waals surface area contributed by atoms with Gasteiger partial charge in [0.15, 0.2) is 6.23 Å². The molecule has 14 nitrogen and oxygen atoms in total. The molecule has 0 bridgehead atoms. The number of hydrogen-bond donors (Lipinski definition) is 3. The van der Waals surface area contributed by atoms with Crippen molar-refractivity contribution in [2.45, 2.75) is 50.8 Å². The van der Waals surface area contributed by atoms with E-state index < -0.39 is 35.9 Å². The number of imide groups is 1. The molecule has 0 aliphatic carbocycles. The average Bonchev–Trinajstić information content (AvgIpc) is 3.29. The molecular weight excluding hydrogens is 717 g/mol. The van der Waals surface area contributed by atoms with Gasteiger partial charge in [0, 0.05) is 18.6 Å². The highest BCUT2D eigenvalue weighted by Gasteiger charge is 2.45. The van der Waals surface area contributed by atoms with E-state index in [1.165, 1.54) is 29.8 Å². The summed E-state index contributed by atoms with van der Waals surface area (Å²) in [6.07, 6.45) is 3.65. The third-order valence-electron chi connectivity index (χ3n) is 7.17. The number of nitrogens with zero attached hydrogens (tertiary/aromatic N) is 1. The van der Waals surface area contributed by atoms with Crippen molar-refractivity contribution in [2.24, 2.45) is 0 Å². The monoisotopic (exact) mass is 763 g/mol. The van der Waals surface area contributed by atoms with Gasteiger partial charge in [-0.2, -0.15) is 0 Å². The van der Waals surface area contributed by atoms with Gasteiger partial charge >= 0.3 is 0 Å². The summed E-state index contributed by atoms with van der Waals surface area (Å²) >= 11 is 2.40. The van der Waals surface area contributed by atoms with Crippen LogP contribution in [-0.4, -0.2) is 123 Å². The van der Waals surface area contributed by atoms with Crippen molar-refractivity contribution in [1.82, 2.24) is 10.2 Å². The lowest BCUT2D eigenvalue weighted by atomic mass is 10.0. The molecule has 2 heterocycles. The van der Waals surface area contributed by atoms with E-state index in [9.17, 15) is 24.3 Å².